The molecule has 134 valence electrons. The number of hydrogen-bond donors (Lipinski definition) is 0. The van der Waals surface area contributed by atoms with Crippen molar-refractivity contribution in [3.05, 3.63) is 102 Å². The van der Waals surface area contributed by atoms with Gasteiger partial charge in [0.2, 0.25) is 5.91 Å². The standard InChI is InChI=1S/C23H21N3O/c1-18-8-7-9-19(14-18)15-23(27)26(20-10-3-2-4-11-20)17-21-16-24-22-12-5-6-13-25(21)22/h2-14,16H,15,17H2,1H3. The van der Waals surface area contributed by atoms with E-state index in [1.807, 2.05) is 95.3 Å². The van der Waals surface area contributed by atoms with E-state index in [1.165, 1.54) is 0 Å². The number of carbonyl (C=O) groups is 1. The lowest BCUT2D eigenvalue weighted by Crippen LogP contribution is -2.32. The van der Waals surface area contributed by atoms with Gasteiger partial charge in [-0.15, -0.1) is 0 Å². The van der Waals surface area contributed by atoms with E-state index < -0.39 is 0 Å². The molecule has 0 radical (unpaired) electrons. The van der Waals surface area contributed by atoms with Crippen LogP contribution in [0.5, 0.6) is 0 Å². The van der Waals surface area contributed by atoms with Crippen LogP contribution in [0.3, 0.4) is 0 Å². The number of para-hydroxylation sites is 1. The van der Waals surface area contributed by atoms with Crippen LogP contribution in [-0.2, 0) is 17.8 Å². The average molecular weight is 355 g/mol. The highest BCUT2D eigenvalue weighted by Gasteiger charge is 2.18. The largest absolute Gasteiger partial charge is 0.306 e. The van der Waals surface area contributed by atoms with Crippen LogP contribution in [0.25, 0.3) is 5.65 Å². The molecule has 0 aliphatic rings. The zero-order valence-electron chi connectivity index (χ0n) is 15.2. The van der Waals surface area contributed by atoms with Gasteiger partial charge in [-0.2, -0.15) is 0 Å². The fourth-order valence-corrected chi connectivity index (χ4v) is 3.29. The Morgan fingerprint density at radius 1 is 1.00 bits per heavy atom. The number of carbonyl (C=O) groups excluding carboxylic acids is 1. The Bertz CT molecular complexity index is 1070. The van der Waals surface area contributed by atoms with Crippen molar-refractivity contribution in [1.29, 1.82) is 0 Å². The molecular weight excluding hydrogens is 334 g/mol. The van der Waals surface area contributed by atoms with E-state index in [2.05, 4.69) is 11.1 Å². The van der Waals surface area contributed by atoms with E-state index in [4.69, 9.17) is 0 Å². The number of imidazole rings is 1. The first-order valence-corrected chi connectivity index (χ1v) is 9.02. The maximum atomic E-state index is 13.2. The molecule has 1 amide bonds. The van der Waals surface area contributed by atoms with Crippen LogP contribution >= 0.6 is 0 Å². The third-order valence-electron chi connectivity index (χ3n) is 4.62. The van der Waals surface area contributed by atoms with Gasteiger partial charge in [-0.3, -0.25) is 4.79 Å². The smallest absolute Gasteiger partial charge is 0.231 e. The van der Waals surface area contributed by atoms with Gasteiger partial charge in [-0.1, -0.05) is 54.1 Å². The van der Waals surface area contributed by atoms with Crippen molar-refractivity contribution in [3.63, 3.8) is 0 Å². The molecule has 27 heavy (non-hydrogen) atoms. The number of benzene rings is 2. The molecule has 0 saturated carbocycles. The Labute approximate surface area is 158 Å². The molecule has 0 N–H and O–H groups in total. The minimum Gasteiger partial charge on any atom is -0.306 e. The summed E-state index contributed by atoms with van der Waals surface area (Å²) in [5, 5.41) is 0. The number of hydrogen-bond acceptors (Lipinski definition) is 2. The third-order valence-corrected chi connectivity index (χ3v) is 4.62. The highest BCUT2D eigenvalue weighted by atomic mass is 16.2. The zero-order chi connectivity index (χ0) is 18.6. The summed E-state index contributed by atoms with van der Waals surface area (Å²) in [7, 11) is 0. The van der Waals surface area contributed by atoms with Crippen LogP contribution in [0.15, 0.2) is 85.2 Å². The molecule has 2 heterocycles. The first-order valence-electron chi connectivity index (χ1n) is 9.02. The Morgan fingerprint density at radius 2 is 1.81 bits per heavy atom. The monoisotopic (exact) mass is 355 g/mol. The van der Waals surface area contributed by atoms with Gasteiger partial charge in [0.05, 0.1) is 24.9 Å². The highest BCUT2D eigenvalue weighted by molar-refractivity contribution is 5.94. The molecule has 4 nitrogen and oxygen atoms in total. The summed E-state index contributed by atoms with van der Waals surface area (Å²) < 4.78 is 2.02. The fraction of sp³-hybridized carbons (Fsp3) is 0.130. The van der Waals surface area contributed by atoms with Crippen molar-refractivity contribution < 1.29 is 4.79 Å². The number of pyridine rings is 1. The molecular formula is C23H21N3O. The Morgan fingerprint density at radius 3 is 2.63 bits per heavy atom. The molecule has 0 bridgehead atoms. The number of rotatable bonds is 5. The van der Waals surface area contributed by atoms with Crippen LogP contribution in [0.4, 0.5) is 5.69 Å². The molecule has 0 spiro atoms. The first kappa shape index (κ1) is 17.0. The van der Waals surface area contributed by atoms with Gasteiger partial charge in [0.15, 0.2) is 0 Å². The molecule has 0 atom stereocenters. The van der Waals surface area contributed by atoms with Crippen LogP contribution in [0.2, 0.25) is 0 Å². The van der Waals surface area contributed by atoms with Crippen molar-refractivity contribution >= 4 is 17.2 Å². The number of amides is 1. The van der Waals surface area contributed by atoms with Gasteiger partial charge in [0, 0.05) is 11.9 Å². The van der Waals surface area contributed by atoms with E-state index in [9.17, 15) is 4.79 Å². The first-order chi connectivity index (χ1) is 13.2. The maximum Gasteiger partial charge on any atom is 0.231 e. The Kier molecular flexibility index (Phi) is 4.71. The van der Waals surface area contributed by atoms with E-state index in [0.717, 1.165) is 28.2 Å². The SMILES string of the molecule is Cc1cccc(CC(=O)N(Cc2cnc3ccccn23)c2ccccc2)c1. The van der Waals surface area contributed by atoms with Gasteiger partial charge in [-0.05, 0) is 36.8 Å². The van der Waals surface area contributed by atoms with Crippen LogP contribution in [0, 0.1) is 6.92 Å². The summed E-state index contributed by atoms with van der Waals surface area (Å²) in [5.41, 5.74) is 4.94. The van der Waals surface area contributed by atoms with Crippen LogP contribution < -0.4 is 4.90 Å². The molecule has 4 heteroatoms. The molecule has 0 unspecified atom stereocenters. The zero-order valence-corrected chi connectivity index (χ0v) is 15.2. The molecule has 2 aromatic carbocycles. The van der Waals surface area contributed by atoms with Crippen molar-refractivity contribution in [2.75, 3.05) is 4.90 Å². The van der Waals surface area contributed by atoms with Crippen molar-refractivity contribution in [3.8, 4) is 0 Å². The molecule has 0 aliphatic heterocycles. The Balaban J connectivity index is 1.66. The lowest BCUT2D eigenvalue weighted by Gasteiger charge is -2.23. The van der Waals surface area contributed by atoms with Gasteiger partial charge in [0.25, 0.3) is 0 Å². The van der Waals surface area contributed by atoms with Crippen molar-refractivity contribution in [2.45, 2.75) is 19.9 Å². The number of aryl methyl sites for hydroxylation is 1. The van der Waals surface area contributed by atoms with Gasteiger partial charge in [-0.25, -0.2) is 4.98 Å². The summed E-state index contributed by atoms with van der Waals surface area (Å²) in [6.07, 6.45) is 4.18. The second-order valence-corrected chi connectivity index (χ2v) is 6.66. The topological polar surface area (TPSA) is 37.6 Å². The minimum absolute atomic E-state index is 0.0673. The number of aromatic nitrogens is 2. The minimum atomic E-state index is 0.0673. The third kappa shape index (κ3) is 3.75. The summed E-state index contributed by atoms with van der Waals surface area (Å²) in [5.74, 6) is 0.0673. The number of anilines is 1. The summed E-state index contributed by atoms with van der Waals surface area (Å²) in [4.78, 5) is 19.5. The number of fused-ring (bicyclic) bond motifs is 1. The van der Waals surface area contributed by atoms with E-state index in [-0.39, 0.29) is 5.91 Å². The predicted molar refractivity (Wildman–Crippen MR) is 108 cm³/mol. The lowest BCUT2D eigenvalue weighted by molar-refractivity contribution is -0.118. The normalized spacial score (nSPS) is 10.9. The van der Waals surface area contributed by atoms with Gasteiger partial charge in [0.1, 0.15) is 5.65 Å². The van der Waals surface area contributed by atoms with Gasteiger partial charge < -0.3 is 9.30 Å². The maximum absolute atomic E-state index is 13.2. The Hall–Kier alpha value is -3.40. The van der Waals surface area contributed by atoms with E-state index >= 15 is 0 Å². The van der Waals surface area contributed by atoms with E-state index in [1.54, 1.807) is 0 Å². The summed E-state index contributed by atoms with van der Waals surface area (Å²) in [6.45, 7) is 2.52. The van der Waals surface area contributed by atoms with Crippen molar-refractivity contribution in [1.82, 2.24) is 9.38 Å². The summed E-state index contributed by atoms with van der Waals surface area (Å²) in [6, 6.07) is 23.8. The summed E-state index contributed by atoms with van der Waals surface area (Å²) >= 11 is 0. The molecule has 2 aromatic heterocycles. The molecule has 4 aromatic rings. The second-order valence-electron chi connectivity index (χ2n) is 6.66. The van der Waals surface area contributed by atoms with Gasteiger partial charge >= 0.3 is 0 Å². The van der Waals surface area contributed by atoms with Crippen LogP contribution in [-0.4, -0.2) is 15.3 Å². The fourth-order valence-electron chi connectivity index (χ4n) is 3.29. The number of nitrogens with zero attached hydrogens (tertiary/aromatic N) is 3. The highest BCUT2D eigenvalue weighted by Crippen LogP contribution is 2.19. The predicted octanol–water partition coefficient (Wildman–Crippen LogP) is 4.42. The average Bonchev–Trinajstić information content (AvgIpc) is 3.10. The van der Waals surface area contributed by atoms with E-state index in [0.29, 0.717) is 13.0 Å². The molecule has 0 aliphatic carbocycles. The quantitative estimate of drug-likeness (QED) is 0.531. The molecule has 0 fully saturated rings. The lowest BCUT2D eigenvalue weighted by atomic mass is 10.1. The molecule has 4 rings (SSSR count). The van der Waals surface area contributed by atoms with Crippen molar-refractivity contribution in [2.24, 2.45) is 0 Å². The van der Waals surface area contributed by atoms with Crippen LogP contribution in [0.1, 0.15) is 16.8 Å². The second kappa shape index (κ2) is 7.46. The molecule has 0 saturated heterocycles.